The molecule has 0 spiro atoms. The summed E-state index contributed by atoms with van der Waals surface area (Å²) < 4.78 is 17.7. The van der Waals surface area contributed by atoms with Gasteiger partial charge in [0, 0.05) is 10.6 Å². The number of carbonyl (C=O) groups is 2. The van der Waals surface area contributed by atoms with Crippen molar-refractivity contribution in [3.63, 3.8) is 0 Å². The van der Waals surface area contributed by atoms with Crippen molar-refractivity contribution >= 4 is 23.6 Å². The zero-order valence-electron chi connectivity index (χ0n) is 13.4. The van der Waals surface area contributed by atoms with E-state index in [2.05, 4.69) is 11.4 Å². The zero-order chi connectivity index (χ0) is 17.6. The molecule has 1 aliphatic rings. The van der Waals surface area contributed by atoms with Gasteiger partial charge in [-0.05, 0) is 49.9 Å². The molecule has 2 rings (SSSR count). The van der Waals surface area contributed by atoms with E-state index in [9.17, 15) is 14.0 Å². The molecule has 0 unspecified atom stereocenters. The summed E-state index contributed by atoms with van der Waals surface area (Å²) in [5, 5.41) is 11.8. The number of esters is 1. The summed E-state index contributed by atoms with van der Waals surface area (Å²) in [5.41, 5.74) is -0.887. The van der Waals surface area contributed by atoms with Gasteiger partial charge in [0.15, 0.2) is 6.61 Å². The third-order valence-corrected chi connectivity index (χ3v) is 4.79. The van der Waals surface area contributed by atoms with Crippen LogP contribution >= 0.6 is 11.8 Å². The molecule has 0 saturated heterocycles. The smallest absolute Gasteiger partial charge is 0.307 e. The molecule has 1 aromatic carbocycles. The summed E-state index contributed by atoms with van der Waals surface area (Å²) in [6.07, 6.45) is 1.99. The van der Waals surface area contributed by atoms with Gasteiger partial charge < -0.3 is 10.1 Å². The molecule has 0 bridgehead atoms. The molecule has 0 aliphatic heterocycles. The Morgan fingerprint density at radius 2 is 2.08 bits per heavy atom. The highest BCUT2D eigenvalue weighted by molar-refractivity contribution is 7.99. The van der Waals surface area contributed by atoms with Crippen LogP contribution in [0.1, 0.15) is 26.2 Å². The molecule has 1 atom stereocenters. The van der Waals surface area contributed by atoms with Crippen LogP contribution in [-0.2, 0) is 14.3 Å². The van der Waals surface area contributed by atoms with Crippen LogP contribution < -0.4 is 5.32 Å². The number of halogens is 1. The number of nitriles is 1. The van der Waals surface area contributed by atoms with E-state index in [0.717, 1.165) is 17.7 Å². The highest BCUT2D eigenvalue weighted by atomic mass is 32.2. The molecule has 24 heavy (non-hydrogen) atoms. The Bertz CT molecular complexity index is 640. The first-order valence-corrected chi connectivity index (χ1v) is 8.68. The fraction of sp³-hybridized carbons (Fsp3) is 0.471. The number of hydrogen-bond acceptors (Lipinski definition) is 5. The second-order valence-electron chi connectivity index (χ2n) is 5.85. The fourth-order valence-corrected chi connectivity index (χ4v) is 3.04. The predicted molar refractivity (Wildman–Crippen MR) is 87.6 cm³/mol. The molecule has 1 fully saturated rings. The number of amides is 1. The summed E-state index contributed by atoms with van der Waals surface area (Å²) in [6.45, 7) is 1.30. The van der Waals surface area contributed by atoms with E-state index in [0.29, 0.717) is 5.75 Å². The fourth-order valence-electron chi connectivity index (χ4n) is 2.21. The molecule has 1 saturated carbocycles. The SMILES string of the molecule is C[C@@](C#N)(NC(=O)COC(=O)CCSc1ccc(F)cc1)C1CC1. The number of carbonyl (C=O) groups excluding carboxylic acids is 2. The Kier molecular flexibility index (Phi) is 6.21. The molecule has 0 radical (unpaired) electrons. The Labute approximate surface area is 144 Å². The molecule has 1 amide bonds. The van der Waals surface area contributed by atoms with E-state index in [1.165, 1.54) is 23.9 Å². The minimum atomic E-state index is -0.887. The number of thioether (sulfide) groups is 1. The molecule has 0 heterocycles. The van der Waals surface area contributed by atoms with E-state index < -0.39 is 17.4 Å². The second-order valence-corrected chi connectivity index (χ2v) is 7.02. The maximum atomic E-state index is 12.8. The molecular weight excluding hydrogens is 331 g/mol. The number of hydrogen-bond donors (Lipinski definition) is 1. The van der Waals surface area contributed by atoms with E-state index in [1.807, 2.05) is 0 Å². The van der Waals surface area contributed by atoms with Crippen LogP contribution in [0.3, 0.4) is 0 Å². The van der Waals surface area contributed by atoms with E-state index >= 15 is 0 Å². The monoisotopic (exact) mass is 350 g/mol. The average molecular weight is 350 g/mol. The Morgan fingerprint density at radius 1 is 1.42 bits per heavy atom. The van der Waals surface area contributed by atoms with Crippen molar-refractivity contribution in [3.05, 3.63) is 30.1 Å². The lowest BCUT2D eigenvalue weighted by atomic mass is 9.98. The largest absolute Gasteiger partial charge is 0.456 e. The lowest BCUT2D eigenvalue weighted by Gasteiger charge is -2.22. The van der Waals surface area contributed by atoms with Crippen molar-refractivity contribution in [2.24, 2.45) is 5.92 Å². The maximum Gasteiger partial charge on any atom is 0.307 e. The second kappa shape index (κ2) is 8.15. The first-order valence-electron chi connectivity index (χ1n) is 7.69. The van der Waals surface area contributed by atoms with Crippen LogP contribution in [0.15, 0.2) is 29.2 Å². The van der Waals surface area contributed by atoms with Gasteiger partial charge in [0.05, 0.1) is 12.5 Å². The molecule has 7 heteroatoms. The van der Waals surface area contributed by atoms with Crippen molar-refractivity contribution in [2.45, 2.75) is 36.6 Å². The predicted octanol–water partition coefficient (Wildman–Crippen LogP) is 2.66. The minimum Gasteiger partial charge on any atom is -0.456 e. The first-order chi connectivity index (χ1) is 11.4. The third kappa shape index (κ3) is 5.53. The number of nitrogens with one attached hydrogen (secondary N) is 1. The topological polar surface area (TPSA) is 79.2 Å². The van der Waals surface area contributed by atoms with Gasteiger partial charge in [-0.3, -0.25) is 9.59 Å². The lowest BCUT2D eigenvalue weighted by Crippen LogP contribution is -2.48. The molecular formula is C17H19FN2O3S. The number of rotatable bonds is 8. The molecule has 0 aromatic heterocycles. The molecule has 128 valence electrons. The van der Waals surface area contributed by atoms with Gasteiger partial charge >= 0.3 is 5.97 Å². The van der Waals surface area contributed by atoms with Crippen LogP contribution in [0.4, 0.5) is 4.39 Å². The number of benzene rings is 1. The van der Waals surface area contributed by atoms with E-state index in [4.69, 9.17) is 10.00 Å². The van der Waals surface area contributed by atoms with Crippen LogP contribution in [0.5, 0.6) is 0 Å². The maximum absolute atomic E-state index is 12.8. The van der Waals surface area contributed by atoms with Crippen LogP contribution in [-0.4, -0.2) is 29.8 Å². The van der Waals surface area contributed by atoms with E-state index in [-0.39, 0.29) is 24.8 Å². The van der Waals surface area contributed by atoms with Crippen LogP contribution in [0.25, 0.3) is 0 Å². The normalized spacial score (nSPS) is 15.9. The number of nitrogens with zero attached hydrogens (tertiary/aromatic N) is 1. The average Bonchev–Trinajstić information content (AvgIpc) is 3.40. The first kappa shape index (κ1) is 18.3. The quantitative estimate of drug-likeness (QED) is 0.576. The van der Waals surface area contributed by atoms with Crippen molar-refractivity contribution < 1.29 is 18.7 Å². The zero-order valence-corrected chi connectivity index (χ0v) is 14.2. The van der Waals surface area contributed by atoms with Crippen molar-refractivity contribution in [2.75, 3.05) is 12.4 Å². The Balaban J connectivity index is 1.64. The third-order valence-electron chi connectivity index (χ3n) is 3.78. The molecule has 1 aliphatic carbocycles. The van der Waals surface area contributed by atoms with Crippen molar-refractivity contribution in [3.8, 4) is 6.07 Å². The number of ether oxygens (including phenoxy) is 1. The van der Waals surface area contributed by atoms with Gasteiger partial charge in [-0.2, -0.15) is 5.26 Å². The summed E-state index contributed by atoms with van der Waals surface area (Å²) in [5.74, 6) is -0.603. The summed E-state index contributed by atoms with van der Waals surface area (Å²) >= 11 is 1.41. The van der Waals surface area contributed by atoms with Crippen LogP contribution in [0, 0.1) is 23.1 Å². The van der Waals surface area contributed by atoms with Crippen LogP contribution in [0.2, 0.25) is 0 Å². The standard InChI is InChI=1S/C17H19FN2O3S/c1-17(11-19,12-2-3-12)20-15(21)10-23-16(22)8-9-24-14-6-4-13(18)5-7-14/h4-7,12H,2-3,8-10H2,1H3,(H,20,21)/t17-/m0/s1. The summed E-state index contributed by atoms with van der Waals surface area (Å²) in [6, 6.07) is 8.11. The van der Waals surface area contributed by atoms with Gasteiger partial charge in [0.25, 0.3) is 5.91 Å². The molecule has 1 aromatic rings. The highest BCUT2D eigenvalue weighted by Gasteiger charge is 2.43. The Hall–Kier alpha value is -2.07. The van der Waals surface area contributed by atoms with Crippen molar-refractivity contribution in [1.82, 2.24) is 5.32 Å². The van der Waals surface area contributed by atoms with Gasteiger partial charge in [-0.25, -0.2) is 4.39 Å². The Morgan fingerprint density at radius 3 is 2.67 bits per heavy atom. The molecule has 1 N–H and O–H groups in total. The minimum absolute atomic E-state index is 0.146. The van der Waals surface area contributed by atoms with Gasteiger partial charge in [0.1, 0.15) is 11.4 Å². The highest BCUT2D eigenvalue weighted by Crippen LogP contribution is 2.39. The van der Waals surface area contributed by atoms with E-state index in [1.54, 1.807) is 19.1 Å². The van der Waals surface area contributed by atoms with Gasteiger partial charge in [-0.15, -0.1) is 11.8 Å². The van der Waals surface area contributed by atoms with Gasteiger partial charge in [-0.1, -0.05) is 0 Å². The molecule has 5 nitrogen and oxygen atoms in total. The lowest BCUT2D eigenvalue weighted by molar-refractivity contribution is -0.148. The summed E-state index contributed by atoms with van der Waals surface area (Å²) in [7, 11) is 0. The van der Waals surface area contributed by atoms with Crippen molar-refractivity contribution in [1.29, 1.82) is 5.26 Å². The summed E-state index contributed by atoms with van der Waals surface area (Å²) in [4.78, 5) is 24.3. The van der Waals surface area contributed by atoms with Gasteiger partial charge in [0.2, 0.25) is 0 Å².